The summed E-state index contributed by atoms with van der Waals surface area (Å²) in [7, 11) is -1.65. The summed E-state index contributed by atoms with van der Waals surface area (Å²) >= 11 is 0. The van der Waals surface area contributed by atoms with Crippen molar-refractivity contribution in [3.05, 3.63) is 0 Å². The molecule has 0 saturated carbocycles. The molecule has 2 aliphatic rings. The molecule has 0 aromatic rings. The van der Waals surface area contributed by atoms with E-state index in [4.69, 9.17) is 0 Å². The van der Waals surface area contributed by atoms with Gasteiger partial charge in [0.25, 0.3) is 10.2 Å². The zero-order chi connectivity index (χ0) is 14.9. The van der Waals surface area contributed by atoms with Gasteiger partial charge in [-0.1, -0.05) is 6.92 Å². The molecule has 2 rings (SSSR count). The second-order valence-electron chi connectivity index (χ2n) is 6.49. The summed E-state index contributed by atoms with van der Waals surface area (Å²) in [6, 6.07) is 1.19. The van der Waals surface area contributed by atoms with Gasteiger partial charge in [-0.25, -0.2) is 0 Å². The molecule has 2 bridgehead atoms. The van der Waals surface area contributed by atoms with Crippen LogP contribution in [0.3, 0.4) is 0 Å². The van der Waals surface area contributed by atoms with Crippen molar-refractivity contribution >= 4 is 10.2 Å². The molecule has 2 atom stereocenters. The van der Waals surface area contributed by atoms with Crippen molar-refractivity contribution in [2.75, 3.05) is 13.6 Å². The van der Waals surface area contributed by atoms with Crippen LogP contribution in [0.15, 0.2) is 0 Å². The van der Waals surface area contributed by atoms with Gasteiger partial charge in [0.15, 0.2) is 0 Å². The molecule has 2 heterocycles. The zero-order valence-electron chi connectivity index (χ0n) is 13.2. The van der Waals surface area contributed by atoms with E-state index in [1.807, 2.05) is 20.8 Å². The number of hydrogen-bond donors (Lipinski definition) is 1. The summed E-state index contributed by atoms with van der Waals surface area (Å²) in [5, 5.41) is 3.59. The Kier molecular flexibility index (Phi) is 5.10. The van der Waals surface area contributed by atoms with Crippen molar-refractivity contribution in [2.45, 2.75) is 77.0 Å². The van der Waals surface area contributed by atoms with Gasteiger partial charge >= 0.3 is 0 Å². The quantitative estimate of drug-likeness (QED) is 0.810. The van der Waals surface area contributed by atoms with Gasteiger partial charge in [0.05, 0.1) is 0 Å². The van der Waals surface area contributed by atoms with Gasteiger partial charge in [0.1, 0.15) is 0 Å². The van der Waals surface area contributed by atoms with E-state index in [9.17, 15) is 8.42 Å². The SMILES string of the molecule is CCCN(C1CC2CCC(C1)N2)S(=O)(=O)N(C)C(C)C. The van der Waals surface area contributed by atoms with E-state index < -0.39 is 10.2 Å². The van der Waals surface area contributed by atoms with Crippen LogP contribution in [-0.2, 0) is 10.2 Å². The normalized spacial score (nSPS) is 30.6. The monoisotopic (exact) mass is 303 g/mol. The topological polar surface area (TPSA) is 52.7 Å². The van der Waals surface area contributed by atoms with Crippen molar-refractivity contribution in [2.24, 2.45) is 0 Å². The molecule has 6 heteroatoms. The zero-order valence-corrected chi connectivity index (χ0v) is 14.0. The predicted molar refractivity (Wildman–Crippen MR) is 81.8 cm³/mol. The van der Waals surface area contributed by atoms with Gasteiger partial charge in [-0.3, -0.25) is 0 Å². The Morgan fingerprint density at radius 3 is 2.20 bits per heavy atom. The fourth-order valence-electron chi connectivity index (χ4n) is 3.40. The van der Waals surface area contributed by atoms with Gasteiger partial charge in [-0.15, -0.1) is 0 Å². The third-order valence-corrected chi connectivity index (χ3v) is 6.91. The van der Waals surface area contributed by atoms with Crippen molar-refractivity contribution < 1.29 is 8.42 Å². The lowest BCUT2D eigenvalue weighted by Gasteiger charge is -2.39. The molecule has 2 fully saturated rings. The van der Waals surface area contributed by atoms with Gasteiger partial charge in [-0.2, -0.15) is 17.0 Å². The van der Waals surface area contributed by atoms with Crippen LogP contribution in [0, 0.1) is 0 Å². The number of nitrogens with zero attached hydrogens (tertiary/aromatic N) is 2. The Bertz CT molecular complexity index is 412. The molecule has 5 nitrogen and oxygen atoms in total. The molecule has 2 unspecified atom stereocenters. The molecular weight excluding hydrogens is 274 g/mol. The maximum atomic E-state index is 12.8. The number of hydrogen-bond acceptors (Lipinski definition) is 3. The number of fused-ring (bicyclic) bond motifs is 2. The van der Waals surface area contributed by atoms with Crippen LogP contribution < -0.4 is 5.32 Å². The van der Waals surface area contributed by atoms with Crippen molar-refractivity contribution in [1.82, 2.24) is 13.9 Å². The van der Waals surface area contributed by atoms with E-state index in [1.165, 1.54) is 17.1 Å². The fourth-order valence-corrected chi connectivity index (χ4v) is 5.23. The molecule has 0 aromatic heterocycles. The minimum atomic E-state index is -3.34. The Morgan fingerprint density at radius 2 is 1.75 bits per heavy atom. The first-order valence-electron chi connectivity index (χ1n) is 7.87. The minimum absolute atomic E-state index is 0.00204. The number of rotatable bonds is 6. The highest BCUT2D eigenvalue weighted by atomic mass is 32.2. The average Bonchev–Trinajstić information content (AvgIpc) is 2.73. The molecule has 0 amide bonds. The second-order valence-corrected chi connectivity index (χ2v) is 8.43. The first-order chi connectivity index (χ1) is 9.36. The summed E-state index contributed by atoms with van der Waals surface area (Å²) in [5.74, 6) is 0. The van der Waals surface area contributed by atoms with Crippen LogP contribution in [0.4, 0.5) is 0 Å². The van der Waals surface area contributed by atoms with Crippen LogP contribution in [0.2, 0.25) is 0 Å². The Labute approximate surface area is 123 Å². The van der Waals surface area contributed by atoms with Gasteiger partial charge < -0.3 is 5.32 Å². The fraction of sp³-hybridized carbons (Fsp3) is 1.00. The second kappa shape index (κ2) is 6.30. The van der Waals surface area contributed by atoms with Gasteiger partial charge in [0, 0.05) is 37.8 Å². The smallest absolute Gasteiger partial charge is 0.282 e. The first-order valence-corrected chi connectivity index (χ1v) is 9.26. The summed E-state index contributed by atoms with van der Waals surface area (Å²) in [4.78, 5) is 0. The Morgan fingerprint density at radius 1 is 1.20 bits per heavy atom. The van der Waals surface area contributed by atoms with E-state index in [2.05, 4.69) is 5.32 Å². The lowest BCUT2D eigenvalue weighted by atomic mass is 10.00. The van der Waals surface area contributed by atoms with E-state index in [-0.39, 0.29) is 12.1 Å². The lowest BCUT2D eigenvalue weighted by Crippen LogP contribution is -2.54. The predicted octanol–water partition coefficient (Wildman–Crippen LogP) is 1.57. The van der Waals surface area contributed by atoms with E-state index in [1.54, 1.807) is 11.4 Å². The van der Waals surface area contributed by atoms with E-state index >= 15 is 0 Å². The summed E-state index contributed by atoms with van der Waals surface area (Å²) < 4.78 is 28.9. The molecule has 20 heavy (non-hydrogen) atoms. The van der Waals surface area contributed by atoms with Crippen molar-refractivity contribution in [1.29, 1.82) is 0 Å². The van der Waals surface area contributed by atoms with Crippen LogP contribution in [0.5, 0.6) is 0 Å². The summed E-state index contributed by atoms with van der Waals surface area (Å²) in [6.07, 6.45) is 5.18. The van der Waals surface area contributed by atoms with E-state index in [0.717, 1.165) is 19.3 Å². The third-order valence-electron chi connectivity index (χ3n) is 4.69. The molecule has 2 saturated heterocycles. The average molecular weight is 303 g/mol. The molecule has 118 valence electrons. The van der Waals surface area contributed by atoms with Crippen LogP contribution in [-0.4, -0.2) is 54.8 Å². The number of nitrogens with one attached hydrogen (secondary N) is 1. The molecule has 0 aromatic carbocycles. The Balaban J connectivity index is 2.18. The van der Waals surface area contributed by atoms with E-state index in [0.29, 0.717) is 18.6 Å². The first kappa shape index (κ1) is 16.2. The molecule has 0 spiro atoms. The highest BCUT2D eigenvalue weighted by Gasteiger charge is 2.41. The molecule has 2 aliphatic heterocycles. The van der Waals surface area contributed by atoms with Crippen molar-refractivity contribution in [3.63, 3.8) is 0 Å². The Hall–Kier alpha value is -0.170. The maximum Gasteiger partial charge on any atom is 0.282 e. The molecule has 0 aliphatic carbocycles. The highest BCUT2D eigenvalue weighted by molar-refractivity contribution is 7.86. The lowest BCUT2D eigenvalue weighted by molar-refractivity contribution is 0.211. The number of piperidine rings is 1. The minimum Gasteiger partial charge on any atom is -0.311 e. The standard InChI is InChI=1S/C14H29N3O2S/c1-5-8-17(20(18,19)16(4)11(2)3)14-9-12-6-7-13(10-14)15-12/h11-15H,5-10H2,1-4H3. The molecule has 0 radical (unpaired) electrons. The molecule has 1 N–H and O–H groups in total. The van der Waals surface area contributed by atoms with Crippen molar-refractivity contribution in [3.8, 4) is 0 Å². The summed E-state index contributed by atoms with van der Waals surface area (Å²) in [6.45, 7) is 6.53. The third kappa shape index (κ3) is 3.18. The highest BCUT2D eigenvalue weighted by Crippen LogP contribution is 2.31. The largest absolute Gasteiger partial charge is 0.311 e. The summed E-state index contributed by atoms with van der Waals surface area (Å²) in [5.41, 5.74) is 0. The van der Waals surface area contributed by atoms with Gasteiger partial charge in [-0.05, 0) is 46.0 Å². The van der Waals surface area contributed by atoms with Crippen LogP contribution >= 0.6 is 0 Å². The van der Waals surface area contributed by atoms with Crippen LogP contribution in [0.1, 0.15) is 52.9 Å². The molecular formula is C14H29N3O2S. The van der Waals surface area contributed by atoms with Gasteiger partial charge in [0.2, 0.25) is 0 Å². The maximum absolute atomic E-state index is 12.8. The van der Waals surface area contributed by atoms with Crippen LogP contribution in [0.25, 0.3) is 0 Å².